The van der Waals surface area contributed by atoms with Crippen molar-refractivity contribution in [1.29, 1.82) is 0 Å². The summed E-state index contributed by atoms with van der Waals surface area (Å²) in [5.41, 5.74) is 5.56. The van der Waals surface area contributed by atoms with E-state index in [-0.39, 0.29) is 16.8 Å². The van der Waals surface area contributed by atoms with Gasteiger partial charge in [-0.25, -0.2) is 18.1 Å². The van der Waals surface area contributed by atoms with E-state index in [1.54, 1.807) is 0 Å². The highest BCUT2D eigenvalue weighted by atomic mass is 79.9. The molecule has 2 unspecified atom stereocenters. The molecule has 1 aromatic rings. The fraction of sp³-hybridized carbons (Fsp3) is 0.444. The molecule has 16 heavy (non-hydrogen) atoms. The predicted octanol–water partition coefficient (Wildman–Crippen LogP) is 1.11. The van der Waals surface area contributed by atoms with Crippen molar-refractivity contribution >= 4 is 31.8 Å². The maximum atomic E-state index is 11.9. The second-order valence-electron chi connectivity index (χ2n) is 3.98. The monoisotopic (exact) mass is 305 g/mol. The van der Waals surface area contributed by atoms with Crippen LogP contribution in [0.5, 0.6) is 0 Å². The fourth-order valence-electron chi connectivity index (χ4n) is 1.40. The lowest BCUT2D eigenvalue weighted by molar-refractivity contribution is 0.578. The first-order valence-corrected chi connectivity index (χ1v) is 7.11. The van der Waals surface area contributed by atoms with Crippen molar-refractivity contribution < 1.29 is 8.42 Å². The molecule has 1 aliphatic carbocycles. The molecule has 0 saturated heterocycles. The number of nitrogens with zero attached hydrogens (tertiary/aromatic N) is 1. The van der Waals surface area contributed by atoms with Crippen LogP contribution in [0, 0.1) is 5.92 Å². The molecule has 1 saturated carbocycles. The lowest BCUT2D eigenvalue weighted by atomic mass is 10.5. The van der Waals surface area contributed by atoms with Gasteiger partial charge in [0.05, 0.1) is 0 Å². The van der Waals surface area contributed by atoms with Crippen LogP contribution < -0.4 is 10.5 Å². The molecule has 0 bridgehead atoms. The van der Waals surface area contributed by atoms with E-state index in [4.69, 9.17) is 5.73 Å². The van der Waals surface area contributed by atoms with Crippen LogP contribution in [0.2, 0.25) is 0 Å². The second-order valence-corrected chi connectivity index (χ2v) is 6.58. The number of halogens is 1. The van der Waals surface area contributed by atoms with Crippen LogP contribution in [0.25, 0.3) is 0 Å². The van der Waals surface area contributed by atoms with Crippen molar-refractivity contribution in [3.05, 3.63) is 16.7 Å². The molecule has 1 aliphatic rings. The number of nitrogen functional groups attached to an aromatic ring is 1. The normalized spacial score (nSPS) is 24.4. The van der Waals surface area contributed by atoms with Gasteiger partial charge in [0.25, 0.3) is 0 Å². The molecular weight excluding hydrogens is 294 g/mol. The number of rotatable bonds is 3. The van der Waals surface area contributed by atoms with Crippen LogP contribution in [0.3, 0.4) is 0 Å². The Bertz CT molecular complexity index is 517. The number of nitrogens with two attached hydrogens (primary N) is 1. The molecule has 1 aromatic heterocycles. The molecule has 5 nitrogen and oxygen atoms in total. The maximum Gasteiger partial charge on any atom is 0.244 e. The van der Waals surface area contributed by atoms with Crippen LogP contribution in [-0.4, -0.2) is 19.4 Å². The molecule has 2 rings (SSSR count). The molecule has 1 fully saturated rings. The first-order valence-electron chi connectivity index (χ1n) is 4.83. The zero-order valence-corrected chi connectivity index (χ0v) is 11.0. The Labute approximate surface area is 103 Å². The molecule has 1 heterocycles. The summed E-state index contributed by atoms with van der Waals surface area (Å²) < 4.78 is 27.1. The second kappa shape index (κ2) is 3.97. The van der Waals surface area contributed by atoms with E-state index in [2.05, 4.69) is 25.6 Å². The number of hydrogen-bond acceptors (Lipinski definition) is 4. The summed E-state index contributed by atoms with van der Waals surface area (Å²) in [5.74, 6) is 0.417. The van der Waals surface area contributed by atoms with Crippen molar-refractivity contribution in [3.63, 3.8) is 0 Å². The van der Waals surface area contributed by atoms with E-state index < -0.39 is 10.0 Å². The highest BCUT2D eigenvalue weighted by Crippen LogP contribution is 2.31. The number of sulfonamides is 1. The van der Waals surface area contributed by atoms with Gasteiger partial charge in [0.1, 0.15) is 10.7 Å². The Morgan fingerprint density at radius 3 is 2.81 bits per heavy atom. The van der Waals surface area contributed by atoms with E-state index >= 15 is 0 Å². The summed E-state index contributed by atoms with van der Waals surface area (Å²) in [6.45, 7) is 2.00. The highest BCUT2D eigenvalue weighted by Gasteiger charge is 2.37. The summed E-state index contributed by atoms with van der Waals surface area (Å²) in [7, 11) is -3.55. The number of anilines is 1. The Kier molecular flexibility index (Phi) is 2.93. The van der Waals surface area contributed by atoms with Crippen LogP contribution in [0.15, 0.2) is 21.6 Å². The largest absolute Gasteiger partial charge is 0.383 e. The molecule has 0 spiro atoms. The third kappa shape index (κ3) is 2.36. The van der Waals surface area contributed by atoms with Gasteiger partial charge in [-0.1, -0.05) is 6.92 Å². The van der Waals surface area contributed by atoms with Gasteiger partial charge >= 0.3 is 0 Å². The van der Waals surface area contributed by atoms with Gasteiger partial charge in [0.2, 0.25) is 10.0 Å². The topological polar surface area (TPSA) is 85.1 Å². The van der Waals surface area contributed by atoms with Crippen LogP contribution >= 0.6 is 15.9 Å². The average molecular weight is 306 g/mol. The Morgan fingerprint density at radius 1 is 1.62 bits per heavy atom. The third-order valence-corrected chi connectivity index (χ3v) is 4.51. The quantitative estimate of drug-likeness (QED) is 0.876. The number of aromatic nitrogens is 1. The standard InChI is InChI=1S/C9H12BrN3O2S/c1-5-2-7(5)13-16(14,15)8-3-6(10)4-12-9(8)11/h3-5,7,13H,2H2,1H3,(H2,11,12). The first kappa shape index (κ1) is 11.8. The van der Waals surface area contributed by atoms with E-state index in [1.807, 2.05) is 6.92 Å². The molecule has 0 amide bonds. The van der Waals surface area contributed by atoms with Gasteiger partial charge in [-0.3, -0.25) is 0 Å². The minimum Gasteiger partial charge on any atom is -0.383 e. The van der Waals surface area contributed by atoms with E-state index in [1.165, 1.54) is 12.3 Å². The Morgan fingerprint density at radius 2 is 2.25 bits per heavy atom. The molecule has 2 atom stereocenters. The Balaban J connectivity index is 2.31. The third-order valence-electron chi connectivity index (χ3n) is 2.55. The number of hydrogen-bond donors (Lipinski definition) is 2. The molecular formula is C9H12BrN3O2S. The minimum atomic E-state index is -3.55. The smallest absolute Gasteiger partial charge is 0.244 e. The van der Waals surface area contributed by atoms with E-state index in [0.717, 1.165) is 6.42 Å². The van der Waals surface area contributed by atoms with Crippen molar-refractivity contribution in [1.82, 2.24) is 9.71 Å². The number of nitrogens with one attached hydrogen (secondary N) is 1. The molecule has 7 heteroatoms. The van der Waals surface area contributed by atoms with Gasteiger partial charge in [-0.2, -0.15) is 0 Å². The fourth-order valence-corrected chi connectivity index (χ4v) is 3.34. The van der Waals surface area contributed by atoms with Gasteiger partial charge in [-0.05, 0) is 34.3 Å². The lowest BCUT2D eigenvalue weighted by Crippen LogP contribution is -2.27. The molecule has 0 aromatic carbocycles. The van der Waals surface area contributed by atoms with Gasteiger partial charge in [0.15, 0.2) is 0 Å². The molecule has 0 aliphatic heterocycles. The van der Waals surface area contributed by atoms with Crippen molar-refractivity contribution in [2.45, 2.75) is 24.3 Å². The first-order chi connectivity index (χ1) is 7.40. The van der Waals surface area contributed by atoms with E-state index in [9.17, 15) is 8.42 Å². The summed E-state index contributed by atoms with van der Waals surface area (Å²) in [4.78, 5) is 3.83. The minimum absolute atomic E-state index is 0.0176. The van der Waals surface area contributed by atoms with Gasteiger partial charge in [0, 0.05) is 16.7 Å². The average Bonchev–Trinajstić information content (AvgIpc) is 2.85. The van der Waals surface area contributed by atoms with Crippen molar-refractivity contribution in [3.8, 4) is 0 Å². The maximum absolute atomic E-state index is 11.9. The van der Waals surface area contributed by atoms with Crippen molar-refractivity contribution in [2.24, 2.45) is 5.92 Å². The van der Waals surface area contributed by atoms with Crippen LogP contribution in [0.1, 0.15) is 13.3 Å². The summed E-state index contributed by atoms with van der Waals surface area (Å²) in [6, 6.07) is 1.49. The molecule has 3 N–H and O–H groups in total. The van der Waals surface area contributed by atoms with Crippen LogP contribution in [0.4, 0.5) is 5.82 Å². The molecule has 88 valence electrons. The highest BCUT2D eigenvalue weighted by molar-refractivity contribution is 9.10. The zero-order valence-electron chi connectivity index (χ0n) is 8.64. The summed E-state index contributed by atoms with van der Waals surface area (Å²) in [5, 5.41) is 0. The van der Waals surface area contributed by atoms with E-state index in [0.29, 0.717) is 10.4 Å². The summed E-state index contributed by atoms with van der Waals surface area (Å²) in [6.07, 6.45) is 2.34. The lowest BCUT2D eigenvalue weighted by Gasteiger charge is -2.08. The Hall–Kier alpha value is -0.660. The summed E-state index contributed by atoms with van der Waals surface area (Å²) >= 11 is 3.17. The molecule has 0 radical (unpaired) electrons. The van der Waals surface area contributed by atoms with Crippen LogP contribution in [-0.2, 0) is 10.0 Å². The predicted molar refractivity (Wildman–Crippen MR) is 64.2 cm³/mol. The van der Waals surface area contributed by atoms with Gasteiger partial charge in [-0.15, -0.1) is 0 Å². The number of pyridine rings is 1. The zero-order chi connectivity index (χ0) is 11.9. The van der Waals surface area contributed by atoms with Crippen molar-refractivity contribution in [2.75, 3.05) is 5.73 Å². The SMILES string of the molecule is CC1CC1NS(=O)(=O)c1cc(Br)cnc1N. The van der Waals surface area contributed by atoms with Gasteiger partial charge < -0.3 is 5.73 Å².